The van der Waals surface area contributed by atoms with Gasteiger partial charge in [0.05, 0.1) is 34.1 Å². The largest absolute Gasteiger partial charge is 0.493 e. The molecule has 1 aliphatic rings. The predicted molar refractivity (Wildman–Crippen MR) is 125 cm³/mol. The van der Waals surface area contributed by atoms with Gasteiger partial charge in [-0.25, -0.2) is 5.43 Å². The van der Waals surface area contributed by atoms with E-state index in [9.17, 15) is 4.79 Å². The van der Waals surface area contributed by atoms with Gasteiger partial charge in [0, 0.05) is 38.3 Å². The Balaban J connectivity index is 1.45. The van der Waals surface area contributed by atoms with Crippen LogP contribution in [0, 0.1) is 6.92 Å². The summed E-state index contributed by atoms with van der Waals surface area (Å²) < 4.78 is 16.0. The highest BCUT2D eigenvalue weighted by Gasteiger charge is 2.19. The second kappa shape index (κ2) is 11.5. The van der Waals surface area contributed by atoms with Crippen LogP contribution in [0.3, 0.4) is 0 Å². The number of carbonyl (C=O) groups excluding carboxylic acids is 1. The Morgan fingerprint density at radius 3 is 2.12 bits per heavy atom. The van der Waals surface area contributed by atoms with Crippen LogP contribution in [0.5, 0.6) is 17.2 Å². The normalized spacial score (nSPS) is 15.0. The minimum Gasteiger partial charge on any atom is -0.493 e. The molecule has 1 fully saturated rings. The van der Waals surface area contributed by atoms with Gasteiger partial charge in [-0.2, -0.15) is 5.10 Å². The summed E-state index contributed by atoms with van der Waals surface area (Å²) in [6, 6.07) is 12.2. The fraction of sp³-hybridized carbons (Fsp3) is 0.417. The second-order valence-electron chi connectivity index (χ2n) is 7.79. The number of carbonyl (C=O) groups is 1. The molecule has 1 saturated heterocycles. The third-order valence-corrected chi connectivity index (χ3v) is 5.45. The third kappa shape index (κ3) is 6.45. The first-order valence-electron chi connectivity index (χ1n) is 10.6. The SMILES string of the molecule is COc1cc(/C=N/NC(=O)CN2CCN(Cc3ccc(C)cc3)CC2)cc(OC)c1OC. The first kappa shape index (κ1) is 23.6. The number of piperazine rings is 1. The van der Waals surface area contributed by atoms with Crippen molar-refractivity contribution in [3.63, 3.8) is 0 Å². The molecule has 8 nitrogen and oxygen atoms in total. The van der Waals surface area contributed by atoms with Crippen LogP contribution < -0.4 is 19.6 Å². The Labute approximate surface area is 189 Å². The fourth-order valence-corrected chi connectivity index (χ4v) is 3.65. The first-order valence-corrected chi connectivity index (χ1v) is 10.6. The van der Waals surface area contributed by atoms with Gasteiger partial charge < -0.3 is 14.2 Å². The summed E-state index contributed by atoms with van der Waals surface area (Å²) in [6.07, 6.45) is 1.56. The molecule has 32 heavy (non-hydrogen) atoms. The molecular formula is C24H32N4O4. The van der Waals surface area contributed by atoms with Gasteiger partial charge in [0.15, 0.2) is 11.5 Å². The Bertz CT molecular complexity index is 897. The number of methoxy groups -OCH3 is 3. The van der Waals surface area contributed by atoms with Gasteiger partial charge in [-0.15, -0.1) is 0 Å². The molecule has 0 spiro atoms. The Hall–Kier alpha value is -3.10. The number of ether oxygens (including phenoxy) is 3. The molecule has 0 aliphatic carbocycles. The molecule has 2 aromatic rings. The van der Waals surface area contributed by atoms with Crippen molar-refractivity contribution in [2.75, 3.05) is 54.1 Å². The molecule has 0 saturated carbocycles. The summed E-state index contributed by atoms with van der Waals surface area (Å²) >= 11 is 0. The zero-order valence-electron chi connectivity index (χ0n) is 19.3. The number of hydrogen-bond acceptors (Lipinski definition) is 7. The molecule has 3 rings (SSSR count). The van der Waals surface area contributed by atoms with E-state index >= 15 is 0 Å². The average molecular weight is 441 g/mol. The highest BCUT2D eigenvalue weighted by Crippen LogP contribution is 2.37. The lowest BCUT2D eigenvalue weighted by Crippen LogP contribution is -2.48. The molecule has 0 atom stereocenters. The molecule has 1 amide bonds. The first-order chi connectivity index (χ1) is 15.5. The number of nitrogens with zero attached hydrogens (tertiary/aromatic N) is 3. The lowest BCUT2D eigenvalue weighted by Gasteiger charge is -2.34. The van der Waals surface area contributed by atoms with Gasteiger partial charge in [0.1, 0.15) is 0 Å². The number of benzene rings is 2. The van der Waals surface area contributed by atoms with Gasteiger partial charge in [0.25, 0.3) is 5.91 Å². The molecule has 8 heteroatoms. The maximum Gasteiger partial charge on any atom is 0.254 e. The maximum atomic E-state index is 12.3. The van der Waals surface area contributed by atoms with Crippen molar-refractivity contribution >= 4 is 12.1 Å². The van der Waals surface area contributed by atoms with Gasteiger partial charge in [-0.1, -0.05) is 29.8 Å². The van der Waals surface area contributed by atoms with Crippen LogP contribution in [0.1, 0.15) is 16.7 Å². The lowest BCUT2D eigenvalue weighted by molar-refractivity contribution is -0.122. The van der Waals surface area contributed by atoms with Crippen LogP contribution >= 0.6 is 0 Å². The smallest absolute Gasteiger partial charge is 0.254 e. The van der Waals surface area contributed by atoms with Crippen molar-refractivity contribution in [2.45, 2.75) is 13.5 Å². The summed E-state index contributed by atoms with van der Waals surface area (Å²) in [5.41, 5.74) is 5.92. The van der Waals surface area contributed by atoms with Gasteiger partial charge in [-0.05, 0) is 24.6 Å². The van der Waals surface area contributed by atoms with Crippen LogP contribution in [0.4, 0.5) is 0 Å². The van der Waals surface area contributed by atoms with E-state index in [1.165, 1.54) is 11.1 Å². The minimum absolute atomic E-state index is 0.138. The highest BCUT2D eigenvalue weighted by molar-refractivity contribution is 5.84. The topological polar surface area (TPSA) is 75.6 Å². The van der Waals surface area contributed by atoms with E-state index in [-0.39, 0.29) is 5.91 Å². The predicted octanol–water partition coefficient (Wildman–Crippen LogP) is 2.29. The molecule has 0 bridgehead atoms. The molecule has 172 valence electrons. The molecule has 1 heterocycles. The number of amides is 1. The molecular weight excluding hydrogens is 408 g/mol. The van der Waals surface area contributed by atoms with Crippen molar-refractivity contribution < 1.29 is 19.0 Å². The monoisotopic (exact) mass is 440 g/mol. The molecule has 0 aromatic heterocycles. The molecule has 2 aromatic carbocycles. The number of hydrogen-bond donors (Lipinski definition) is 1. The zero-order chi connectivity index (χ0) is 22.9. The minimum atomic E-state index is -0.138. The second-order valence-corrected chi connectivity index (χ2v) is 7.79. The highest BCUT2D eigenvalue weighted by atomic mass is 16.5. The Morgan fingerprint density at radius 1 is 0.969 bits per heavy atom. The Morgan fingerprint density at radius 2 is 1.56 bits per heavy atom. The van der Waals surface area contributed by atoms with Crippen LogP contribution in [0.25, 0.3) is 0 Å². The molecule has 1 N–H and O–H groups in total. The summed E-state index contributed by atoms with van der Waals surface area (Å²) in [6.45, 7) is 6.96. The van der Waals surface area contributed by atoms with E-state index < -0.39 is 0 Å². The lowest BCUT2D eigenvalue weighted by atomic mass is 10.1. The number of nitrogens with one attached hydrogen (secondary N) is 1. The summed E-state index contributed by atoms with van der Waals surface area (Å²) in [5.74, 6) is 1.43. The summed E-state index contributed by atoms with van der Waals surface area (Å²) in [4.78, 5) is 16.9. The van der Waals surface area contributed by atoms with E-state index in [0.29, 0.717) is 23.8 Å². The van der Waals surface area contributed by atoms with Crippen molar-refractivity contribution in [3.8, 4) is 17.2 Å². The standard InChI is InChI=1S/C24H32N4O4/c1-18-5-7-19(8-6-18)16-27-9-11-28(12-10-27)17-23(29)26-25-15-20-13-21(30-2)24(32-4)22(14-20)31-3/h5-8,13-15H,9-12,16-17H2,1-4H3,(H,26,29)/b25-15+. The van der Waals surface area contributed by atoms with E-state index in [0.717, 1.165) is 38.3 Å². The number of aryl methyl sites for hydroxylation is 1. The Kier molecular flexibility index (Phi) is 8.47. The molecule has 0 unspecified atom stereocenters. The van der Waals surface area contributed by atoms with Crippen LogP contribution in [0.2, 0.25) is 0 Å². The van der Waals surface area contributed by atoms with E-state index in [1.54, 1.807) is 39.7 Å². The zero-order valence-corrected chi connectivity index (χ0v) is 19.3. The maximum absolute atomic E-state index is 12.3. The molecule has 0 radical (unpaired) electrons. The van der Waals surface area contributed by atoms with Gasteiger partial charge in [0.2, 0.25) is 5.75 Å². The van der Waals surface area contributed by atoms with Crippen LogP contribution in [0.15, 0.2) is 41.5 Å². The number of rotatable bonds is 9. The van der Waals surface area contributed by atoms with Crippen LogP contribution in [-0.4, -0.2) is 76.0 Å². The third-order valence-electron chi connectivity index (χ3n) is 5.45. The quantitative estimate of drug-likeness (QED) is 0.476. The van der Waals surface area contributed by atoms with Crippen molar-refractivity contribution in [1.82, 2.24) is 15.2 Å². The van der Waals surface area contributed by atoms with Crippen molar-refractivity contribution in [2.24, 2.45) is 5.10 Å². The van der Waals surface area contributed by atoms with E-state index in [1.807, 2.05) is 0 Å². The van der Waals surface area contributed by atoms with Gasteiger partial charge >= 0.3 is 0 Å². The van der Waals surface area contributed by atoms with E-state index in [4.69, 9.17) is 14.2 Å². The molecule has 1 aliphatic heterocycles. The summed E-state index contributed by atoms with van der Waals surface area (Å²) in [7, 11) is 4.66. The van der Waals surface area contributed by atoms with Crippen LogP contribution in [-0.2, 0) is 11.3 Å². The average Bonchev–Trinajstić information content (AvgIpc) is 2.81. The van der Waals surface area contributed by atoms with Crippen molar-refractivity contribution in [1.29, 1.82) is 0 Å². The fourth-order valence-electron chi connectivity index (χ4n) is 3.65. The van der Waals surface area contributed by atoms with Gasteiger partial charge in [-0.3, -0.25) is 14.6 Å². The van der Waals surface area contributed by atoms with E-state index in [2.05, 4.69) is 51.5 Å². The number of hydrazone groups is 1. The van der Waals surface area contributed by atoms with Crippen molar-refractivity contribution in [3.05, 3.63) is 53.1 Å². The summed E-state index contributed by atoms with van der Waals surface area (Å²) in [5, 5.41) is 4.08.